The lowest BCUT2D eigenvalue weighted by Crippen LogP contribution is -2.07. The van der Waals surface area contributed by atoms with Crippen molar-refractivity contribution in [3.05, 3.63) is 12.4 Å². The molecule has 6 nitrogen and oxygen atoms in total. The summed E-state index contributed by atoms with van der Waals surface area (Å²) < 4.78 is 0.835. The second-order valence-electron chi connectivity index (χ2n) is 3.13. The topological polar surface area (TPSA) is 80.8 Å². The van der Waals surface area contributed by atoms with Crippen molar-refractivity contribution in [1.82, 2.24) is 20.2 Å². The van der Waals surface area contributed by atoms with E-state index in [1.165, 1.54) is 29.4 Å². The molecule has 0 aliphatic rings. The van der Waals surface area contributed by atoms with Crippen molar-refractivity contribution in [3.8, 4) is 0 Å². The van der Waals surface area contributed by atoms with Crippen molar-refractivity contribution in [3.63, 3.8) is 0 Å². The third kappa shape index (κ3) is 2.58. The van der Waals surface area contributed by atoms with Crippen LogP contribution in [0.4, 0.5) is 10.9 Å². The highest BCUT2D eigenvalue weighted by Crippen LogP contribution is 2.31. The second-order valence-corrected chi connectivity index (χ2v) is 5.35. The molecule has 2 rings (SSSR count). The number of nitrogen functional groups attached to an aromatic ring is 1. The van der Waals surface area contributed by atoms with Crippen LogP contribution in [0.3, 0.4) is 0 Å². The van der Waals surface area contributed by atoms with Gasteiger partial charge in [-0.05, 0) is 11.8 Å². The van der Waals surface area contributed by atoms with E-state index in [2.05, 4.69) is 20.2 Å². The van der Waals surface area contributed by atoms with Crippen molar-refractivity contribution in [2.75, 3.05) is 24.7 Å². The Hall–Kier alpha value is -1.41. The van der Waals surface area contributed by atoms with Gasteiger partial charge in [-0.1, -0.05) is 11.3 Å². The van der Waals surface area contributed by atoms with Gasteiger partial charge in [0.15, 0.2) is 4.34 Å². The fraction of sp³-hybridized carbons (Fsp3) is 0.250. The molecule has 84 valence electrons. The summed E-state index contributed by atoms with van der Waals surface area (Å²) in [6, 6.07) is 1.71. The van der Waals surface area contributed by atoms with Gasteiger partial charge in [0.2, 0.25) is 5.13 Å². The zero-order valence-electron chi connectivity index (χ0n) is 8.78. The lowest BCUT2D eigenvalue weighted by Gasteiger charge is -2.03. The molecule has 0 saturated carbocycles. The monoisotopic (exact) mass is 254 g/mol. The number of aromatic nitrogens is 4. The van der Waals surface area contributed by atoms with Crippen molar-refractivity contribution in [2.24, 2.45) is 0 Å². The number of rotatable bonds is 3. The Labute approximate surface area is 101 Å². The van der Waals surface area contributed by atoms with Crippen LogP contribution < -0.4 is 10.6 Å². The maximum Gasteiger partial charge on any atom is 0.208 e. The van der Waals surface area contributed by atoms with Crippen LogP contribution in [-0.4, -0.2) is 34.3 Å². The Kier molecular flexibility index (Phi) is 3.20. The van der Waals surface area contributed by atoms with Crippen LogP contribution in [0.2, 0.25) is 0 Å². The highest BCUT2D eigenvalue weighted by Gasteiger charge is 2.08. The van der Waals surface area contributed by atoms with E-state index in [0.29, 0.717) is 5.82 Å². The maximum absolute atomic E-state index is 5.56. The quantitative estimate of drug-likeness (QED) is 0.822. The van der Waals surface area contributed by atoms with Crippen molar-refractivity contribution < 1.29 is 0 Å². The van der Waals surface area contributed by atoms with Gasteiger partial charge in [0.25, 0.3) is 0 Å². The number of anilines is 2. The molecule has 2 heterocycles. The second kappa shape index (κ2) is 4.62. The summed E-state index contributed by atoms with van der Waals surface area (Å²) in [5.74, 6) is 0.454. The Morgan fingerprint density at radius 2 is 2.12 bits per heavy atom. The van der Waals surface area contributed by atoms with Gasteiger partial charge in [0.05, 0.1) is 0 Å². The zero-order valence-corrected chi connectivity index (χ0v) is 10.4. The van der Waals surface area contributed by atoms with Crippen LogP contribution in [0.15, 0.2) is 21.8 Å². The summed E-state index contributed by atoms with van der Waals surface area (Å²) >= 11 is 2.93. The van der Waals surface area contributed by atoms with Gasteiger partial charge in [0.1, 0.15) is 17.2 Å². The minimum absolute atomic E-state index is 0.454. The molecule has 0 aliphatic carbocycles. The van der Waals surface area contributed by atoms with Gasteiger partial charge < -0.3 is 10.6 Å². The molecular weight excluding hydrogens is 244 g/mol. The molecule has 0 atom stereocenters. The molecule has 0 radical (unpaired) electrons. The molecule has 0 fully saturated rings. The molecular formula is C8H10N6S2. The molecule has 0 amide bonds. The highest BCUT2D eigenvalue weighted by atomic mass is 32.2. The van der Waals surface area contributed by atoms with E-state index in [0.717, 1.165) is 14.5 Å². The average Bonchev–Trinajstić information content (AvgIpc) is 2.66. The first-order valence-corrected chi connectivity index (χ1v) is 6.04. The van der Waals surface area contributed by atoms with Gasteiger partial charge in [0, 0.05) is 20.2 Å². The molecule has 2 N–H and O–H groups in total. The van der Waals surface area contributed by atoms with E-state index in [1.54, 1.807) is 6.07 Å². The lowest BCUT2D eigenvalue weighted by molar-refractivity contribution is 0.968. The van der Waals surface area contributed by atoms with Crippen LogP contribution in [0, 0.1) is 0 Å². The number of nitrogens with two attached hydrogens (primary N) is 1. The third-order valence-corrected chi connectivity index (χ3v) is 3.71. The fourth-order valence-electron chi connectivity index (χ4n) is 0.923. The lowest BCUT2D eigenvalue weighted by atomic mass is 10.6. The van der Waals surface area contributed by atoms with E-state index < -0.39 is 0 Å². The molecule has 2 aromatic heterocycles. The normalized spacial score (nSPS) is 10.4. The molecule has 2 aromatic rings. The third-order valence-electron chi connectivity index (χ3n) is 1.63. The van der Waals surface area contributed by atoms with Crippen LogP contribution in [0.25, 0.3) is 0 Å². The first-order chi connectivity index (χ1) is 7.65. The number of hydrogen-bond acceptors (Lipinski definition) is 8. The summed E-state index contributed by atoms with van der Waals surface area (Å²) in [5, 5.41) is 9.72. The standard InChI is InChI=1S/C8H10N6S2/c1-14(2)7-12-13-8(16-7)15-6-3-5(9)10-4-11-6/h3-4H,1-2H3,(H2,9,10,11). The van der Waals surface area contributed by atoms with Gasteiger partial charge >= 0.3 is 0 Å². The summed E-state index contributed by atoms with van der Waals surface area (Å²) in [6.07, 6.45) is 1.44. The molecule has 8 heteroatoms. The van der Waals surface area contributed by atoms with Crippen LogP contribution in [0.5, 0.6) is 0 Å². The highest BCUT2D eigenvalue weighted by molar-refractivity contribution is 8.01. The molecule has 0 spiro atoms. The molecule has 16 heavy (non-hydrogen) atoms. The first kappa shape index (κ1) is 11.1. The minimum Gasteiger partial charge on any atom is -0.384 e. The van der Waals surface area contributed by atoms with E-state index in [1.807, 2.05) is 19.0 Å². The fourth-order valence-corrected chi connectivity index (χ4v) is 2.61. The van der Waals surface area contributed by atoms with Crippen LogP contribution in [-0.2, 0) is 0 Å². The van der Waals surface area contributed by atoms with E-state index in [9.17, 15) is 0 Å². The Balaban J connectivity index is 2.14. The van der Waals surface area contributed by atoms with Crippen molar-refractivity contribution >= 4 is 34.0 Å². The van der Waals surface area contributed by atoms with Gasteiger partial charge in [-0.25, -0.2) is 9.97 Å². The smallest absolute Gasteiger partial charge is 0.208 e. The predicted molar refractivity (Wildman–Crippen MR) is 64.8 cm³/mol. The first-order valence-electron chi connectivity index (χ1n) is 4.41. The molecule has 0 bridgehead atoms. The summed E-state index contributed by atoms with van der Waals surface area (Å²) in [6.45, 7) is 0. The van der Waals surface area contributed by atoms with E-state index >= 15 is 0 Å². The zero-order chi connectivity index (χ0) is 11.5. The van der Waals surface area contributed by atoms with Crippen LogP contribution in [0.1, 0.15) is 0 Å². The van der Waals surface area contributed by atoms with Crippen LogP contribution >= 0.6 is 23.1 Å². The molecule has 0 aromatic carbocycles. The number of hydrogen-bond donors (Lipinski definition) is 1. The predicted octanol–water partition coefficient (Wildman–Crippen LogP) is 1.13. The van der Waals surface area contributed by atoms with Crippen molar-refractivity contribution in [1.29, 1.82) is 0 Å². The van der Waals surface area contributed by atoms with Crippen molar-refractivity contribution in [2.45, 2.75) is 9.37 Å². The Bertz CT molecular complexity index is 483. The molecule has 0 unspecified atom stereocenters. The van der Waals surface area contributed by atoms with E-state index in [-0.39, 0.29) is 0 Å². The Morgan fingerprint density at radius 1 is 1.31 bits per heavy atom. The Morgan fingerprint density at radius 3 is 2.75 bits per heavy atom. The number of nitrogens with zero attached hydrogens (tertiary/aromatic N) is 5. The average molecular weight is 254 g/mol. The minimum atomic E-state index is 0.454. The SMILES string of the molecule is CN(C)c1nnc(Sc2cc(N)ncn2)s1. The summed E-state index contributed by atoms with van der Waals surface area (Å²) in [4.78, 5) is 9.83. The van der Waals surface area contributed by atoms with Gasteiger partial charge in [-0.2, -0.15) is 0 Å². The molecule has 0 aliphatic heterocycles. The van der Waals surface area contributed by atoms with Gasteiger partial charge in [-0.15, -0.1) is 10.2 Å². The maximum atomic E-state index is 5.56. The summed E-state index contributed by atoms with van der Waals surface area (Å²) in [5.41, 5.74) is 5.56. The summed E-state index contributed by atoms with van der Waals surface area (Å²) in [7, 11) is 3.86. The molecule has 0 saturated heterocycles. The van der Waals surface area contributed by atoms with Gasteiger partial charge in [-0.3, -0.25) is 0 Å². The van der Waals surface area contributed by atoms with E-state index in [4.69, 9.17) is 5.73 Å². The largest absolute Gasteiger partial charge is 0.384 e.